The molecule has 1 amide bonds. The first-order valence-corrected chi connectivity index (χ1v) is 9.61. The molecule has 0 aliphatic rings. The van der Waals surface area contributed by atoms with E-state index in [4.69, 9.17) is 4.74 Å². The maximum atomic E-state index is 14.6. The number of ether oxygens (including phenoxy) is 1. The van der Waals surface area contributed by atoms with Gasteiger partial charge in [0.15, 0.2) is 11.6 Å². The SMILES string of the molecule is CC#CCCCCCCOc1cccc(CNC(=O)c2cc(C)nn2C)c1F. The third-order valence-electron chi connectivity index (χ3n) is 4.35. The van der Waals surface area contributed by atoms with Gasteiger partial charge in [-0.15, -0.1) is 11.8 Å². The van der Waals surface area contributed by atoms with Gasteiger partial charge in [0.05, 0.1) is 12.3 Å². The number of aromatic nitrogens is 2. The second-order valence-electron chi connectivity index (χ2n) is 6.65. The van der Waals surface area contributed by atoms with Crippen molar-refractivity contribution in [2.75, 3.05) is 6.61 Å². The number of hydrogen-bond acceptors (Lipinski definition) is 3. The maximum absolute atomic E-state index is 14.6. The highest BCUT2D eigenvalue weighted by molar-refractivity contribution is 5.92. The van der Waals surface area contributed by atoms with Crippen LogP contribution in [0.1, 0.15) is 60.8 Å². The smallest absolute Gasteiger partial charge is 0.269 e. The molecule has 0 saturated carbocycles. The highest BCUT2D eigenvalue weighted by atomic mass is 19.1. The van der Waals surface area contributed by atoms with E-state index in [9.17, 15) is 9.18 Å². The van der Waals surface area contributed by atoms with E-state index in [0.717, 1.165) is 37.8 Å². The molecule has 150 valence electrons. The van der Waals surface area contributed by atoms with Crippen LogP contribution in [0.3, 0.4) is 0 Å². The average Bonchev–Trinajstić information content (AvgIpc) is 3.02. The fourth-order valence-corrected chi connectivity index (χ4v) is 2.87. The van der Waals surface area contributed by atoms with Gasteiger partial charge in [0, 0.05) is 25.6 Å². The maximum Gasteiger partial charge on any atom is 0.269 e. The van der Waals surface area contributed by atoms with Gasteiger partial charge in [-0.3, -0.25) is 9.48 Å². The van der Waals surface area contributed by atoms with Crippen molar-refractivity contribution in [3.8, 4) is 17.6 Å². The van der Waals surface area contributed by atoms with Crippen LogP contribution in [0.2, 0.25) is 0 Å². The van der Waals surface area contributed by atoms with E-state index in [2.05, 4.69) is 22.3 Å². The average molecular weight is 385 g/mol. The summed E-state index contributed by atoms with van der Waals surface area (Å²) in [7, 11) is 1.70. The minimum Gasteiger partial charge on any atom is -0.491 e. The Hall–Kier alpha value is -2.81. The zero-order valence-corrected chi connectivity index (χ0v) is 16.8. The molecule has 0 spiro atoms. The number of aryl methyl sites for hydroxylation is 2. The molecule has 28 heavy (non-hydrogen) atoms. The van der Waals surface area contributed by atoms with Crippen LogP contribution in [0.25, 0.3) is 0 Å². The Morgan fingerprint density at radius 3 is 2.79 bits per heavy atom. The summed E-state index contributed by atoms with van der Waals surface area (Å²) in [5, 5.41) is 6.88. The van der Waals surface area contributed by atoms with E-state index in [0.29, 0.717) is 17.9 Å². The van der Waals surface area contributed by atoms with Gasteiger partial charge in [0.2, 0.25) is 0 Å². The number of nitrogens with zero attached hydrogens (tertiary/aromatic N) is 2. The van der Waals surface area contributed by atoms with E-state index in [1.165, 1.54) is 4.68 Å². The summed E-state index contributed by atoms with van der Waals surface area (Å²) in [6, 6.07) is 6.69. The molecule has 2 aromatic rings. The topological polar surface area (TPSA) is 56.1 Å². The lowest BCUT2D eigenvalue weighted by Gasteiger charge is -2.11. The molecule has 0 aliphatic carbocycles. The van der Waals surface area contributed by atoms with Crippen LogP contribution in [0.15, 0.2) is 24.3 Å². The van der Waals surface area contributed by atoms with E-state index in [1.807, 2.05) is 13.8 Å². The third kappa shape index (κ3) is 6.41. The second-order valence-corrected chi connectivity index (χ2v) is 6.65. The molecule has 0 atom stereocenters. The van der Waals surface area contributed by atoms with Crippen molar-refractivity contribution in [2.24, 2.45) is 7.05 Å². The lowest BCUT2D eigenvalue weighted by molar-refractivity contribution is 0.0941. The van der Waals surface area contributed by atoms with Crippen LogP contribution in [0.4, 0.5) is 4.39 Å². The number of amides is 1. The van der Waals surface area contributed by atoms with Gasteiger partial charge < -0.3 is 10.1 Å². The Bertz CT molecular complexity index is 849. The third-order valence-corrected chi connectivity index (χ3v) is 4.35. The number of nitrogens with one attached hydrogen (secondary N) is 1. The number of benzene rings is 1. The first-order chi connectivity index (χ1) is 13.5. The molecule has 5 nitrogen and oxygen atoms in total. The van der Waals surface area contributed by atoms with E-state index in [1.54, 1.807) is 31.3 Å². The molecule has 1 heterocycles. The fourth-order valence-electron chi connectivity index (χ4n) is 2.87. The monoisotopic (exact) mass is 385 g/mol. The van der Waals surface area contributed by atoms with Crippen LogP contribution in [-0.4, -0.2) is 22.3 Å². The molecular weight excluding hydrogens is 357 g/mol. The summed E-state index contributed by atoms with van der Waals surface area (Å²) in [6.07, 6.45) is 5.02. The Balaban J connectivity index is 1.80. The molecule has 6 heteroatoms. The highest BCUT2D eigenvalue weighted by Gasteiger charge is 2.14. The summed E-state index contributed by atoms with van der Waals surface area (Å²) >= 11 is 0. The van der Waals surface area contributed by atoms with Gasteiger partial charge >= 0.3 is 0 Å². The summed E-state index contributed by atoms with van der Waals surface area (Å²) in [6.45, 7) is 4.23. The minimum atomic E-state index is -0.429. The minimum absolute atomic E-state index is 0.0879. The number of halogens is 1. The van der Waals surface area contributed by atoms with Crippen molar-refractivity contribution in [1.29, 1.82) is 0 Å². The van der Waals surface area contributed by atoms with Crippen molar-refractivity contribution < 1.29 is 13.9 Å². The second kappa shape index (κ2) is 11.1. The Morgan fingerprint density at radius 2 is 2.07 bits per heavy atom. The summed E-state index contributed by atoms with van der Waals surface area (Å²) in [5.74, 6) is 5.44. The van der Waals surface area contributed by atoms with Crippen LogP contribution in [0.5, 0.6) is 5.75 Å². The molecule has 1 aromatic carbocycles. The number of carbonyl (C=O) groups excluding carboxylic acids is 1. The number of carbonyl (C=O) groups is 1. The van der Waals surface area contributed by atoms with Gasteiger partial charge in [-0.1, -0.05) is 25.0 Å². The van der Waals surface area contributed by atoms with Crippen molar-refractivity contribution in [2.45, 2.75) is 52.5 Å². The highest BCUT2D eigenvalue weighted by Crippen LogP contribution is 2.21. The molecule has 0 fully saturated rings. The predicted octanol–water partition coefficient (Wildman–Crippen LogP) is 4.15. The van der Waals surface area contributed by atoms with Crippen LogP contribution in [-0.2, 0) is 13.6 Å². The normalized spacial score (nSPS) is 10.3. The summed E-state index contributed by atoms with van der Waals surface area (Å²) in [4.78, 5) is 12.3. The molecule has 0 saturated heterocycles. The Morgan fingerprint density at radius 1 is 1.29 bits per heavy atom. The quantitative estimate of drug-likeness (QED) is 0.494. The Kier molecular flexibility index (Phi) is 8.54. The molecule has 0 unspecified atom stereocenters. The van der Waals surface area contributed by atoms with Gasteiger partial charge in [-0.25, -0.2) is 4.39 Å². The number of hydrogen-bond donors (Lipinski definition) is 1. The lowest BCUT2D eigenvalue weighted by atomic mass is 10.1. The summed E-state index contributed by atoms with van der Waals surface area (Å²) < 4.78 is 21.7. The van der Waals surface area contributed by atoms with E-state index in [-0.39, 0.29) is 18.2 Å². The molecular formula is C22H28FN3O2. The van der Waals surface area contributed by atoms with Crippen molar-refractivity contribution in [3.63, 3.8) is 0 Å². The van der Waals surface area contributed by atoms with Crippen molar-refractivity contribution >= 4 is 5.91 Å². The predicted molar refractivity (Wildman–Crippen MR) is 108 cm³/mol. The standard InChI is InChI=1S/C22H28FN3O2/c1-4-5-6-7-8-9-10-14-28-20-13-11-12-18(21(20)23)16-24-22(27)19-15-17(2)25-26(19)3/h11-13,15H,6-10,14,16H2,1-3H3,(H,24,27). The molecule has 0 aliphatic heterocycles. The van der Waals surface area contributed by atoms with Crippen LogP contribution >= 0.6 is 0 Å². The molecule has 2 rings (SSSR count). The Labute approximate surface area is 166 Å². The molecule has 1 aromatic heterocycles. The van der Waals surface area contributed by atoms with Gasteiger partial charge in [-0.05, 0) is 38.8 Å². The van der Waals surface area contributed by atoms with Crippen molar-refractivity contribution in [3.05, 3.63) is 47.0 Å². The van der Waals surface area contributed by atoms with Gasteiger partial charge in [0.25, 0.3) is 5.91 Å². The van der Waals surface area contributed by atoms with Crippen LogP contribution in [0, 0.1) is 24.6 Å². The lowest BCUT2D eigenvalue weighted by Crippen LogP contribution is -2.25. The van der Waals surface area contributed by atoms with Gasteiger partial charge in [0.1, 0.15) is 5.69 Å². The number of rotatable bonds is 10. The zero-order valence-electron chi connectivity index (χ0n) is 16.8. The summed E-state index contributed by atoms with van der Waals surface area (Å²) in [5.41, 5.74) is 1.59. The molecule has 0 bridgehead atoms. The van der Waals surface area contributed by atoms with E-state index < -0.39 is 5.82 Å². The first kappa shape index (κ1) is 21.5. The first-order valence-electron chi connectivity index (χ1n) is 9.61. The van der Waals surface area contributed by atoms with Crippen LogP contribution < -0.4 is 10.1 Å². The zero-order chi connectivity index (χ0) is 20.4. The van der Waals surface area contributed by atoms with E-state index >= 15 is 0 Å². The molecule has 0 radical (unpaired) electrons. The number of unbranched alkanes of at least 4 members (excludes halogenated alkanes) is 4. The largest absolute Gasteiger partial charge is 0.491 e. The van der Waals surface area contributed by atoms with Crippen molar-refractivity contribution in [1.82, 2.24) is 15.1 Å². The molecule has 1 N–H and O–H groups in total. The van der Waals surface area contributed by atoms with Gasteiger partial charge in [-0.2, -0.15) is 5.10 Å². The fraction of sp³-hybridized carbons (Fsp3) is 0.455.